The number of aromatic nitrogens is 2. The molecular formula is C29H30N4O3. The monoisotopic (exact) mass is 482 g/mol. The number of para-hydroxylation sites is 1. The Morgan fingerprint density at radius 2 is 1.86 bits per heavy atom. The molecule has 0 bridgehead atoms. The van der Waals surface area contributed by atoms with Crippen molar-refractivity contribution in [3.8, 4) is 17.1 Å². The Balaban J connectivity index is 1.51. The average Bonchev–Trinajstić information content (AvgIpc) is 2.88. The van der Waals surface area contributed by atoms with Crippen molar-refractivity contribution in [2.24, 2.45) is 5.92 Å². The maximum absolute atomic E-state index is 11.7. The molecule has 4 aromatic rings. The second-order valence-corrected chi connectivity index (χ2v) is 9.50. The van der Waals surface area contributed by atoms with Gasteiger partial charge in [0.2, 0.25) is 0 Å². The number of rotatable bonds is 6. The SMILES string of the molecule is Cc1ccc2c(N3CCC[C@@H](C(Cc4ccccc4)NC(=O)O)C3)nc(-c3ccccc3O)nc2c1. The summed E-state index contributed by atoms with van der Waals surface area (Å²) in [5.41, 5.74) is 3.62. The Hall–Kier alpha value is -4.13. The lowest BCUT2D eigenvalue weighted by Gasteiger charge is -2.38. The number of carbonyl (C=O) groups is 1. The maximum atomic E-state index is 11.7. The lowest BCUT2D eigenvalue weighted by Crippen LogP contribution is -2.48. The summed E-state index contributed by atoms with van der Waals surface area (Å²) >= 11 is 0. The standard InChI is InChI=1S/C29H30N4O3/c1-19-13-14-22-25(16-19)30-27(23-11-5-6-12-26(23)34)32-28(22)33-15-7-10-21(18-33)24(31-29(35)36)17-20-8-3-2-4-9-20/h2-6,8-9,11-14,16,21,24,31,34H,7,10,15,17-18H2,1H3,(H,35,36)/t21-,24?/m1/s1. The average molecular weight is 483 g/mol. The van der Waals surface area contributed by atoms with Crippen molar-refractivity contribution >= 4 is 22.8 Å². The van der Waals surface area contributed by atoms with Crippen molar-refractivity contribution in [2.45, 2.75) is 32.2 Å². The normalized spacial score (nSPS) is 16.6. The quantitative estimate of drug-likeness (QED) is 0.340. The van der Waals surface area contributed by atoms with E-state index < -0.39 is 6.09 Å². The number of amides is 1. The summed E-state index contributed by atoms with van der Waals surface area (Å²) in [6.45, 7) is 3.53. The molecule has 2 heterocycles. The minimum Gasteiger partial charge on any atom is -0.507 e. The number of piperidine rings is 1. The van der Waals surface area contributed by atoms with E-state index >= 15 is 0 Å². The molecular weight excluding hydrogens is 452 g/mol. The molecule has 184 valence electrons. The number of phenols is 1. The highest BCUT2D eigenvalue weighted by atomic mass is 16.4. The zero-order valence-electron chi connectivity index (χ0n) is 20.3. The Labute approximate surface area is 210 Å². The molecule has 1 aliphatic rings. The van der Waals surface area contributed by atoms with Crippen molar-refractivity contribution in [1.29, 1.82) is 0 Å². The zero-order chi connectivity index (χ0) is 25.1. The minimum atomic E-state index is -1.00. The molecule has 1 saturated heterocycles. The van der Waals surface area contributed by atoms with E-state index in [9.17, 15) is 15.0 Å². The second kappa shape index (κ2) is 10.2. The van der Waals surface area contributed by atoms with Gasteiger partial charge in [0, 0.05) is 24.5 Å². The predicted octanol–water partition coefficient (Wildman–Crippen LogP) is 5.41. The topological polar surface area (TPSA) is 98.6 Å². The van der Waals surface area contributed by atoms with Crippen LogP contribution in [0.25, 0.3) is 22.3 Å². The summed E-state index contributed by atoms with van der Waals surface area (Å²) in [7, 11) is 0. The van der Waals surface area contributed by atoms with E-state index in [1.165, 1.54) is 0 Å². The third-order valence-corrected chi connectivity index (χ3v) is 6.91. The number of phenolic OH excluding ortho intramolecular Hbond substituents is 1. The van der Waals surface area contributed by atoms with Gasteiger partial charge in [-0.1, -0.05) is 48.5 Å². The molecule has 2 atom stereocenters. The highest BCUT2D eigenvalue weighted by molar-refractivity contribution is 5.92. The Morgan fingerprint density at radius 1 is 1.08 bits per heavy atom. The molecule has 1 aliphatic heterocycles. The van der Waals surface area contributed by atoms with Crippen molar-refractivity contribution in [2.75, 3.05) is 18.0 Å². The van der Waals surface area contributed by atoms with Crippen LogP contribution in [0.3, 0.4) is 0 Å². The van der Waals surface area contributed by atoms with Gasteiger partial charge in [-0.3, -0.25) is 0 Å². The van der Waals surface area contributed by atoms with E-state index in [2.05, 4.69) is 22.3 Å². The van der Waals surface area contributed by atoms with E-state index in [1.54, 1.807) is 12.1 Å². The first-order chi connectivity index (χ1) is 17.5. The van der Waals surface area contributed by atoms with Gasteiger partial charge in [0.05, 0.1) is 11.1 Å². The molecule has 1 unspecified atom stereocenters. The van der Waals surface area contributed by atoms with E-state index in [1.807, 2.05) is 55.5 Å². The van der Waals surface area contributed by atoms with Crippen LogP contribution in [-0.2, 0) is 6.42 Å². The maximum Gasteiger partial charge on any atom is 0.404 e. The highest BCUT2D eigenvalue weighted by Gasteiger charge is 2.30. The summed E-state index contributed by atoms with van der Waals surface area (Å²) in [5, 5.41) is 23.8. The third-order valence-electron chi connectivity index (χ3n) is 6.91. The van der Waals surface area contributed by atoms with Crippen LogP contribution in [0.4, 0.5) is 10.6 Å². The van der Waals surface area contributed by atoms with Crippen molar-refractivity contribution < 1.29 is 15.0 Å². The van der Waals surface area contributed by atoms with Gasteiger partial charge < -0.3 is 20.4 Å². The first-order valence-corrected chi connectivity index (χ1v) is 12.3. The number of benzene rings is 3. The largest absolute Gasteiger partial charge is 0.507 e. The smallest absolute Gasteiger partial charge is 0.404 e. The Kier molecular flexibility index (Phi) is 6.71. The number of aromatic hydroxyl groups is 1. The van der Waals surface area contributed by atoms with E-state index in [4.69, 9.17) is 9.97 Å². The number of nitrogens with one attached hydrogen (secondary N) is 1. The zero-order valence-corrected chi connectivity index (χ0v) is 20.3. The van der Waals surface area contributed by atoms with Crippen LogP contribution in [-0.4, -0.2) is 45.4 Å². The number of carboxylic acid groups (broad SMARTS) is 1. The number of fused-ring (bicyclic) bond motifs is 1. The molecule has 3 N–H and O–H groups in total. The lowest BCUT2D eigenvalue weighted by atomic mass is 9.87. The Morgan fingerprint density at radius 3 is 2.64 bits per heavy atom. The van der Waals surface area contributed by atoms with Crippen molar-refractivity contribution in [3.05, 3.63) is 83.9 Å². The van der Waals surface area contributed by atoms with Gasteiger partial charge >= 0.3 is 6.09 Å². The molecule has 7 nitrogen and oxygen atoms in total. The summed E-state index contributed by atoms with van der Waals surface area (Å²) in [5.74, 6) is 1.56. The molecule has 1 aromatic heterocycles. The predicted molar refractivity (Wildman–Crippen MR) is 141 cm³/mol. The van der Waals surface area contributed by atoms with E-state index in [-0.39, 0.29) is 17.7 Å². The molecule has 5 rings (SSSR count). The first-order valence-electron chi connectivity index (χ1n) is 12.3. The van der Waals surface area contributed by atoms with Gasteiger partial charge in [-0.25, -0.2) is 14.8 Å². The first kappa shape index (κ1) is 23.6. The molecule has 1 fully saturated rings. The van der Waals surface area contributed by atoms with Crippen LogP contribution in [0, 0.1) is 12.8 Å². The molecule has 0 spiro atoms. The number of aryl methyl sites for hydroxylation is 1. The minimum absolute atomic E-state index is 0.124. The number of nitrogens with zero attached hydrogens (tertiary/aromatic N) is 3. The van der Waals surface area contributed by atoms with Gasteiger partial charge in [0.1, 0.15) is 11.6 Å². The van der Waals surface area contributed by atoms with Gasteiger partial charge in [-0.2, -0.15) is 0 Å². The van der Waals surface area contributed by atoms with E-state index in [0.717, 1.165) is 47.2 Å². The summed E-state index contributed by atoms with van der Waals surface area (Å²) in [4.78, 5) is 23.6. The third kappa shape index (κ3) is 5.10. The fourth-order valence-corrected chi connectivity index (χ4v) is 5.14. The lowest BCUT2D eigenvalue weighted by molar-refractivity contribution is 0.181. The number of hydrogen-bond acceptors (Lipinski definition) is 5. The molecule has 0 aliphatic carbocycles. The highest BCUT2D eigenvalue weighted by Crippen LogP contribution is 2.34. The van der Waals surface area contributed by atoms with Crippen LogP contribution in [0.5, 0.6) is 5.75 Å². The number of hydrogen-bond donors (Lipinski definition) is 3. The van der Waals surface area contributed by atoms with Gasteiger partial charge in [0.15, 0.2) is 5.82 Å². The van der Waals surface area contributed by atoms with Crippen LogP contribution < -0.4 is 10.2 Å². The van der Waals surface area contributed by atoms with Gasteiger partial charge in [-0.05, 0) is 67.5 Å². The second-order valence-electron chi connectivity index (χ2n) is 9.50. The molecule has 1 amide bonds. The number of anilines is 1. The summed E-state index contributed by atoms with van der Waals surface area (Å²) < 4.78 is 0. The molecule has 0 radical (unpaired) electrons. The van der Waals surface area contributed by atoms with E-state index in [0.29, 0.717) is 24.4 Å². The molecule has 0 saturated carbocycles. The Bertz CT molecular complexity index is 1380. The summed E-state index contributed by atoms with van der Waals surface area (Å²) in [6, 6.07) is 23.0. The molecule has 36 heavy (non-hydrogen) atoms. The molecule has 3 aromatic carbocycles. The summed E-state index contributed by atoms with van der Waals surface area (Å²) in [6.07, 6.45) is 1.50. The van der Waals surface area contributed by atoms with Crippen LogP contribution in [0.15, 0.2) is 72.8 Å². The fourth-order valence-electron chi connectivity index (χ4n) is 5.14. The van der Waals surface area contributed by atoms with Crippen LogP contribution >= 0.6 is 0 Å². The van der Waals surface area contributed by atoms with Gasteiger partial charge in [0.25, 0.3) is 0 Å². The van der Waals surface area contributed by atoms with Crippen LogP contribution in [0.1, 0.15) is 24.0 Å². The van der Waals surface area contributed by atoms with Crippen LogP contribution in [0.2, 0.25) is 0 Å². The van der Waals surface area contributed by atoms with Crippen molar-refractivity contribution in [1.82, 2.24) is 15.3 Å². The molecule has 7 heteroatoms. The fraction of sp³-hybridized carbons (Fsp3) is 0.276. The van der Waals surface area contributed by atoms with Gasteiger partial charge in [-0.15, -0.1) is 0 Å². The van der Waals surface area contributed by atoms with Crippen molar-refractivity contribution in [3.63, 3.8) is 0 Å².